The highest BCUT2D eigenvalue weighted by Gasteiger charge is 2.13. The number of nitrogens with zero attached hydrogens (tertiary/aromatic N) is 2. The van der Waals surface area contributed by atoms with Gasteiger partial charge in [-0.25, -0.2) is 4.98 Å². The average molecular weight is 482 g/mol. The summed E-state index contributed by atoms with van der Waals surface area (Å²) in [5, 5.41) is 15.6. The number of hydrogen-bond acceptors (Lipinski definition) is 6. The SMILES string of the molecule is CNCCCCNC(=O)c1ccc2c(c1)sc1nc(-c3ccc(C(=O)NC)cc3)cn12.O=CO. The van der Waals surface area contributed by atoms with Gasteiger partial charge in [0.05, 0.1) is 15.9 Å². The lowest BCUT2D eigenvalue weighted by atomic mass is 10.1. The van der Waals surface area contributed by atoms with Crippen LogP contribution < -0.4 is 16.0 Å². The normalized spacial score (nSPS) is 10.5. The Hall–Kier alpha value is -3.76. The molecule has 4 aromatic rings. The third-order valence-corrected chi connectivity index (χ3v) is 6.18. The van der Waals surface area contributed by atoms with Gasteiger partial charge in [-0.3, -0.25) is 18.8 Å². The van der Waals surface area contributed by atoms with Crippen LogP contribution in [0.2, 0.25) is 0 Å². The maximum atomic E-state index is 12.4. The van der Waals surface area contributed by atoms with Crippen LogP contribution in [0.4, 0.5) is 0 Å². The topological polar surface area (TPSA) is 125 Å². The number of hydrogen-bond donors (Lipinski definition) is 4. The molecule has 2 aromatic carbocycles. The molecule has 0 atom stereocenters. The Labute approximate surface area is 200 Å². The Morgan fingerprint density at radius 3 is 2.38 bits per heavy atom. The van der Waals surface area contributed by atoms with E-state index < -0.39 is 0 Å². The molecule has 2 heterocycles. The fraction of sp³-hybridized carbons (Fsp3) is 0.250. The number of carboxylic acid groups (broad SMARTS) is 1. The number of aromatic nitrogens is 2. The molecular formula is C24H27N5O4S. The van der Waals surface area contributed by atoms with Gasteiger partial charge in [-0.15, -0.1) is 0 Å². The van der Waals surface area contributed by atoms with Crippen molar-refractivity contribution in [2.75, 3.05) is 27.2 Å². The van der Waals surface area contributed by atoms with Crippen LogP contribution in [0.25, 0.3) is 26.4 Å². The van der Waals surface area contributed by atoms with Crippen LogP contribution in [0.15, 0.2) is 48.7 Å². The summed E-state index contributed by atoms with van der Waals surface area (Å²) in [7, 11) is 3.54. The van der Waals surface area contributed by atoms with Crippen LogP contribution >= 0.6 is 11.3 Å². The maximum Gasteiger partial charge on any atom is 0.290 e. The first-order valence-electron chi connectivity index (χ1n) is 10.8. The molecule has 0 fully saturated rings. The van der Waals surface area contributed by atoms with Crippen LogP contribution in [0.5, 0.6) is 0 Å². The second kappa shape index (κ2) is 11.9. The Morgan fingerprint density at radius 2 is 1.71 bits per heavy atom. The Kier molecular flexibility index (Phi) is 8.72. The van der Waals surface area contributed by atoms with E-state index in [0.717, 1.165) is 45.8 Å². The van der Waals surface area contributed by atoms with Gasteiger partial charge in [0.1, 0.15) is 0 Å². The van der Waals surface area contributed by atoms with Crippen molar-refractivity contribution >= 4 is 44.8 Å². The summed E-state index contributed by atoms with van der Waals surface area (Å²) in [6.07, 6.45) is 3.98. The first-order valence-corrected chi connectivity index (χ1v) is 11.6. The minimum absolute atomic E-state index is 0.0470. The lowest BCUT2D eigenvalue weighted by molar-refractivity contribution is -0.122. The molecule has 2 aromatic heterocycles. The summed E-state index contributed by atoms with van der Waals surface area (Å²) in [6.45, 7) is 1.38. The van der Waals surface area contributed by atoms with Crippen LogP contribution in [0.1, 0.15) is 33.6 Å². The van der Waals surface area contributed by atoms with Crippen molar-refractivity contribution in [2.45, 2.75) is 12.8 Å². The van der Waals surface area contributed by atoms with Crippen molar-refractivity contribution in [1.82, 2.24) is 25.3 Å². The molecule has 0 bridgehead atoms. The highest BCUT2D eigenvalue weighted by Crippen LogP contribution is 2.30. The van der Waals surface area contributed by atoms with Crippen LogP contribution in [-0.2, 0) is 4.79 Å². The second-order valence-electron chi connectivity index (χ2n) is 7.39. The number of rotatable bonds is 8. The molecular weight excluding hydrogens is 454 g/mol. The Balaban J connectivity index is 0.00000103. The summed E-state index contributed by atoms with van der Waals surface area (Å²) in [5.41, 5.74) is 4.10. The van der Waals surface area contributed by atoms with E-state index in [9.17, 15) is 9.59 Å². The standard InChI is InChI=1S/C23H25N5O2S.CH2O2/c1-24-11-3-4-12-26-22(30)17-9-10-19-20(13-17)31-23-27-18(14-28(19)23)15-5-7-16(8-6-15)21(29)25-2;2-1-3/h5-10,13-14,24H,3-4,11-12H2,1-2H3,(H,25,29)(H,26,30);1H,(H,2,3). The third kappa shape index (κ3) is 5.77. The van der Waals surface area contributed by atoms with Crippen LogP contribution in [0.3, 0.4) is 0 Å². The van der Waals surface area contributed by atoms with Crippen molar-refractivity contribution in [3.05, 3.63) is 59.8 Å². The van der Waals surface area contributed by atoms with E-state index in [1.165, 1.54) is 0 Å². The van der Waals surface area contributed by atoms with E-state index in [0.29, 0.717) is 17.7 Å². The highest BCUT2D eigenvalue weighted by molar-refractivity contribution is 7.23. The molecule has 0 spiro atoms. The monoisotopic (exact) mass is 481 g/mol. The summed E-state index contributed by atoms with van der Waals surface area (Å²) >= 11 is 1.55. The van der Waals surface area contributed by atoms with Gasteiger partial charge in [0.25, 0.3) is 18.3 Å². The summed E-state index contributed by atoms with van der Waals surface area (Å²) < 4.78 is 3.06. The quantitative estimate of drug-likeness (QED) is 0.227. The lowest BCUT2D eigenvalue weighted by Crippen LogP contribution is -2.25. The van der Waals surface area contributed by atoms with Crippen molar-refractivity contribution < 1.29 is 19.5 Å². The number of amides is 2. The molecule has 2 amide bonds. The predicted octanol–water partition coefficient (Wildman–Crippen LogP) is 3.01. The molecule has 4 N–H and O–H groups in total. The number of carbonyl (C=O) groups is 3. The largest absolute Gasteiger partial charge is 0.483 e. The number of fused-ring (bicyclic) bond motifs is 3. The molecule has 34 heavy (non-hydrogen) atoms. The van der Waals surface area contributed by atoms with Gasteiger partial charge in [0.2, 0.25) is 0 Å². The average Bonchev–Trinajstić information content (AvgIpc) is 3.41. The second-order valence-corrected chi connectivity index (χ2v) is 8.40. The van der Waals surface area contributed by atoms with E-state index in [1.807, 2.05) is 48.0 Å². The zero-order valence-electron chi connectivity index (χ0n) is 19.0. The zero-order chi connectivity index (χ0) is 24.5. The molecule has 4 rings (SSSR count). The molecule has 0 aliphatic heterocycles. The minimum atomic E-state index is -0.250. The smallest absolute Gasteiger partial charge is 0.290 e. The van der Waals surface area contributed by atoms with E-state index >= 15 is 0 Å². The molecule has 178 valence electrons. The lowest BCUT2D eigenvalue weighted by Gasteiger charge is -2.05. The first-order chi connectivity index (χ1) is 16.5. The van der Waals surface area contributed by atoms with Crippen molar-refractivity contribution in [1.29, 1.82) is 0 Å². The summed E-state index contributed by atoms with van der Waals surface area (Å²) in [6, 6.07) is 13.1. The van der Waals surface area contributed by atoms with Crippen LogP contribution in [-0.4, -0.2) is 60.0 Å². The fourth-order valence-corrected chi connectivity index (χ4v) is 4.50. The van der Waals surface area contributed by atoms with Gasteiger partial charge < -0.3 is 21.1 Å². The number of thiazole rings is 1. The molecule has 9 nitrogen and oxygen atoms in total. The maximum absolute atomic E-state index is 12.4. The van der Waals surface area contributed by atoms with Gasteiger partial charge >= 0.3 is 0 Å². The van der Waals surface area contributed by atoms with Gasteiger partial charge in [0.15, 0.2) is 4.96 Å². The van der Waals surface area contributed by atoms with Crippen molar-refractivity contribution in [3.8, 4) is 11.3 Å². The van der Waals surface area contributed by atoms with E-state index in [1.54, 1.807) is 30.5 Å². The molecule has 0 radical (unpaired) electrons. The molecule has 10 heteroatoms. The number of imidazole rings is 1. The number of carbonyl (C=O) groups excluding carboxylic acids is 2. The molecule has 0 saturated carbocycles. The Bertz CT molecular complexity index is 1280. The van der Waals surface area contributed by atoms with Crippen molar-refractivity contribution in [3.63, 3.8) is 0 Å². The zero-order valence-corrected chi connectivity index (χ0v) is 19.8. The van der Waals surface area contributed by atoms with E-state index in [-0.39, 0.29) is 18.3 Å². The molecule has 0 aliphatic rings. The molecule has 0 aliphatic carbocycles. The highest BCUT2D eigenvalue weighted by atomic mass is 32.1. The predicted molar refractivity (Wildman–Crippen MR) is 134 cm³/mol. The van der Waals surface area contributed by atoms with Crippen LogP contribution in [0, 0.1) is 0 Å². The van der Waals surface area contributed by atoms with Gasteiger partial charge in [-0.05, 0) is 56.8 Å². The Morgan fingerprint density at radius 1 is 1.03 bits per heavy atom. The van der Waals surface area contributed by atoms with Gasteiger partial charge in [0, 0.05) is 36.5 Å². The molecule has 0 saturated heterocycles. The third-order valence-electron chi connectivity index (χ3n) is 5.17. The van der Waals surface area contributed by atoms with Gasteiger partial charge in [-0.1, -0.05) is 23.5 Å². The number of unbranched alkanes of at least 4 members (excludes halogenated alkanes) is 1. The first kappa shape index (κ1) is 24.9. The fourth-order valence-electron chi connectivity index (χ4n) is 3.45. The van der Waals surface area contributed by atoms with Gasteiger partial charge in [-0.2, -0.15) is 0 Å². The number of nitrogens with one attached hydrogen (secondary N) is 3. The molecule has 0 unspecified atom stereocenters. The van der Waals surface area contributed by atoms with Crippen molar-refractivity contribution in [2.24, 2.45) is 0 Å². The minimum Gasteiger partial charge on any atom is -0.483 e. The number of benzene rings is 2. The van der Waals surface area contributed by atoms with E-state index in [2.05, 4.69) is 16.0 Å². The van der Waals surface area contributed by atoms with E-state index in [4.69, 9.17) is 14.9 Å². The summed E-state index contributed by atoms with van der Waals surface area (Å²) in [5.74, 6) is -0.157. The summed E-state index contributed by atoms with van der Waals surface area (Å²) in [4.78, 5) is 38.1.